The molecule has 0 spiro atoms. The first-order chi connectivity index (χ1) is 24.2. The Hall–Kier alpha value is -4.59. The van der Waals surface area contributed by atoms with Gasteiger partial charge in [-0.2, -0.15) is 15.4 Å². The zero-order valence-electron chi connectivity index (χ0n) is 28.6. The number of anilines is 1. The number of nitrogens with two attached hydrogens (primary N) is 1. The molecule has 3 aliphatic rings. The summed E-state index contributed by atoms with van der Waals surface area (Å²) in [6, 6.07) is 12.0. The minimum absolute atomic E-state index is 0.0849. The maximum absolute atomic E-state index is 14.8. The molecule has 0 unspecified atom stereocenters. The van der Waals surface area contributed by atoms with Crippen LogP contribution in [-0.4, -0.2) is 81.3 Å². The van der Waals surface area contributed by atoms with Gasteiger partial charge in [0, 0.05) is 6.42 Å². The van der Waals surface area contributed by atoms with Gasteiger partial charge in [0.2, 0.25) is 11.2 Å². The minimum atomic E-state index is -4.70. The number of aromatic nitrogens is 3. The summed E-state index contributed by atoms with van der Waals surface area (Å²) in [5, 5.41) is 17.7. The molecule has 0 bridgehead atoms. The molecule has 2 saturated heterocycles. The number of para-hydroxylation sites is 1. The van der Waals surface area contributed by atoms with E-state index in [4.69, 9.17) is 38.5 Å². The minimum Gasteiger partial charge on any atom is -0.459 e. The largest absolute Gasteiger partial charge is 0.460 e. The number of esters is 3. The molecule has 0 radical (unpaired) electrons. The summed E-state index contributed by atoms with van der Waals surface area (Å²) < 4.78 is 57.5. The molecule has 272 valence electrons. The van der Waals surface area contributed by atoms with Gasteiger partial charge in [-0.1, -0.05) is 45.9 Å². The number of fused-ring (bicyclic) bond motifs is 2. The molecule has 2 aliphatic heterocycles. The van der Waals surface area contributed by atoms with Crippen molar-refractivity contribution in [2.45, 2.75) is 82.7 Å². The van der Waals surface area contributed by atoms with E-state index in [1.54, 1.807) is 58.0 Å². The summed E-state index contributed by atoms with van der Waals surface area (Å²) in [6.45, 7) is 8.38. The number of carbonyl (C=O) groups excluding carboxylic acids is 3. The smallest absolute Gasteiger partial charge is 0.459 e. The van der Waals surface area contributed by atoms with E-state index in [0.29, 0.717) is 18.5 Å². The maximum Gasteiger partial charge on any atom is 0.460 e. The SMILES string of the molecule is CC(C)C(=O)O[C@H]1[C@H](c2ccc3c(N)ncnn23)O[C@]2(C#N)[C@@H](O[P@@](=O)(N[C@@H](C)C(=O)O[C@H]3CCOC3)Oc3ccccc3)[C@]12OC(=O)C(C)C. The predicted molar refractivity (Wildman–Crippen MR) is 175 cm³/mol. The fourth-order valence-corrected chi connectivity index (χ4v) is 7.74. The summed E-state index contributed by atoms with van der Waals surface area (Å²) in [5.41, 5.74) is 2.37. The lowest BCUT2D eigenvalue weighted by atomic mass is 10.0. The van der Waals surface area contributed by atoms with Gasteiger partial charge in [-0.3, -0.25) is 18.9 Å². The van der Waals surface area contributed by atoms with Crippen LogP contribution < -0.4 is 15.3 Å². The van der Waals surface area contributed by atoms with Crippen LogP contribution in [0.25, 0.3) is 5.52 Å². The van der Waals surface area contributed by atoms with Crippen LogP contribution in [0.2, 0.25) is 0 Å². The zero-order chi connectivity index (χ0) is 36.7. The Morgan fingerprint density at radius 2 is 1.78 bits per heavy atom. The van der Waals surface area contributed by atoms with Gasteiger partial charge in [-0.05, 0) is 31.2 Å². The van der Waals surface area contributed by atoms with Crippen molar-refractivity contribution >= 4 is 37.0 Å². The van der Waals surface area contributed by atoms with Crippen molar-refractivity contribution in [3.63, 3.8) is 0 Å². The summed E-state index contributed by atoms with van der Waals surface area (Å²) >= 11 is 0. The van der Waals surface area contributed by atoms with Gasteiger partial charge in [-0.25, -0.2) is 14.1 Å². The van der Waals surface area contributed by atoms with Gasteiger partial charge in [-0.15, -0.1) is 0 Å². The third-order valence-corrected chi connectivity index (χ3v) is 10.4. The van der Waals surface area contributed by atoms with E-state index < -0.39 is 79.2 Å². The van der Waals surface area contributed by atoms with Crippen molar-refractivity contribution < 1.29 is 51.7 Å². The second-order valence-electron chi connectivity index (χ2n) is 13.1. The number of nitriles is 1. The van der Waals surface area contributed by atoms with E-state index in [2.05, 4.69) is 21.2 Å². The van der Waals surface area contributed by atoms with Crippen LogP contribution in [0, 0.1) is 23.2 Å². The molecule has 1 saturated carbocycles. The van der Waals surface area contributed by atoms with Gasteiger partial charge in [0.1, 0.15) is 41.9 Å². The first-order valence-corrected chi connectivity index (χ1v) is 18.0. The molecule has 1 aliphatic carbocycles. The van der Waals surface area contributed by atoms with Gasteiger partial charge in [0.15, 0.2) is 18.0 Å². The third-order valence-electron chi connectivity index (χ3n) is 8.78. The van der Waals surface area contributed by atoms with E-state index in [1.165, 1.54) is 29.9 Å². The Bertz CT molecular complexity index is 1890. The third kappa shape index (κ3) is 6.54. The average molecular weight is 727 g/mol. The van der Waals surface area contributed by atoms with Crippen molar-refractivity contribution in [3.8, 4) is 11.8 Å². The molecule has 18 heteroatoms. The number of hydrogen-bond donors (Lipinski definition) is 2. The number of ether oxygens (including phenoxy) is 5. The number of benzene rings is 1. The molecule has 1 aromatic carbocycles. The quantitative estimate of drug-likeness (QED) is 0.147. The summed E-state index contributed by atoms with van der Waals surface area (Å²) in [7, 11) is -4.70. The van der Waals surface area contributed by atoms with E-state index in [0.717, 1.165) is 0 Å². The molecule has 17 nitrogen and oxygen atoms in total. The Morgan fingerprint density at radius 1 is 1.06 bits per heavy atom. The number of rotatable bonds is 13. The monoisotopic (exact) mass is 726 g/mol. The van der Waals surface area contributed by atoms with Crippen LogP contribution >= 0.6 is 7.75 Å². The van der Waals surface area contributed by atoms with Gasteiger partial charge in [0.25, 0.3) is 0 Å². The number of carbonyl (C=O) groups is 3. The van der Waals surface area contributed by atoms with Crippen LogP contribution in [0.15, 0.2) is 48.8 Å². The predicted octanol–water partition coefficient (Wildman–Crippen LogP) is 3.05. The Labute approximate surface area is 293 Å². The number of nitrogens with one attached hydrogen (secondary N) is 1. The highest BCUT2D eigenvalue weighted by molar-refractivity contribution is 7.52. The first-order valence-electron chi connectivity index (χ1n) is 16.4. The maximum atomic E-state index is 14.8. The van der Waals surface area contributed by atoms with E-state index >= 15 is 0 Å². The molecule has 3 N–H and O–H groups in total. The van der Waals surface area contributed by atoms with E-state index in [9.17, 15) is 24.2 Å². The molecule has 4 heterocycles. The number of hydrogen-bond acceptors (Lipinski definition) is 15. The van der Waals surface area contributed by atoms with Crippen LogP contribution in [0.1, 0.15) is 52.8 Å². The van der Waals surface area contributed by atoms with Crippen molar-refractivity contribution in [2.75, 3.05) is 18.9 Å². The number of nitrogen functional groups attached to an aromatic ring is 1. The standard InChI is InChI=1S/C33H39N6O11P/c1-18(2)28(40)46-26-25(23-11-12-24-27(35)36-17-37-39(23)24)47-32(16-34)31(33(26,32)48-29(41)19(3)4)50-51(43,49-21-9-7-6-8-10-21)38-20(5)30(42)45-22-13-14-44-15-22/h6-12,17-20,22,25-26,31H,13-15H2,1-5H3,(H,38,43)(H2,35,36,37)/t20-,22-,25-,26-,31+,32+,33+,51+/m0/s1. The van der Waals surface area contributed by atoms with Crippen LogP contribution in [0.5, 0.6) is 5.75 Å². The van der Waals surface area contributed by atoms with Crippen LogP contribution in [0.4, 0.5) is 5.82 Å². The highest BCUT2D eigenvalue weighted by Crippen LogP contribution is 2.71. The molecule has 8 atom stereocenters. The second kappa shape index (κ2) is 13.9. The number of nitrogens with zero attached hydrogens (tertiary/aromatic N) is 4. The van der Waals surface area contributed by atoms with Crippen molar-refractivity contribution in [2.24, 2.45) is 11.8 Å². The molecule has 0 amide bonds. The Balaban J connectivity index is 1.42. The van der Waals surface area contributed by atoms with E-state index in [1.807, 2.05) is 0 Å². The Morgan fingerprint density at radius 3 is 2.43 bits per heavy atom. The van der Waals surface area contributed by atoms with Gasteiger partial charge >= 0.3 is 25.7 Å². The highest BCUT2D eigenvalue weighted by Gasteiger charge is 2.95. The lowest BCUT2D eigenvalue weighted by molar-refractivity contribution is -0.181. The fraction of sp³-hybridized carbons (Fsp3) is 0.515. The van der Waals surface area contributed by atoms with Crippen molar-refractivity contribution in [3.05, 3.63) is 54.5 Å². The van der Waals surface area contributed by atoms with Crippen LogP contribution in [-0.2, 0) is 47.2 Å². The Kier molecular flexibility index (Phi) is 9.83. The highest BCUT2D eigenvalue weighted by atomic mass is 31.2. The molecule has 6 rings (SSSR count). The molecule has 3 fully saturated rings. The molecule has 3 aromatic rings. The molecular weight excluding hydrogens is 687 g/mol. The molecular formula is C33H39N6O11P. The van der Waals surface area contributed by atoms with Crippen molar-refractivity contribution in [1.29, 1.82) is 5.26 Å². The van der Waals surface area contributed by atoms with Crippen molar-refractivity contribution in [1.82, 2.24) is 19.7 Å². The summed E-state index contributed by atoms with van der Waals surface area (Å²) in [6.07, 6.45) is -3.26. The van der Waals surface area contributed by atoms with Gasteiger partial charge < -0.3 is 33.9 Å². The fourth-order valence-electron chi connectivity index (χ4n) is 6.02. The summed E-state index contributed by atoms with van der Waals surface area (Å²) in [5.74, 6) is -3.42. The first kappa shape index (κ1) is 36.2. The lowest BCUT2D eigenvalue weighted by Gasteiger charge is -2.30. The zero-order valence-corrected chi connectivity index (χ0v) is 29.5. The van der Waals surface area contributed by atoms with E-state index in [-0.39, 0.29) is 23.9 Å². The molecule has 51 heavy (non-hydrogen) atoms. The average Bonchev–Trinajstić information content (AvgIpc) is 3.61. The van der Waals surface area contributed by atoms with Gasteiger partial charge in [0.05, 0.1) is 30.7 Å². The second-order valence-corrected chi connectivity index (χ2v) is 14.8. The lowest BCUT2D eigenvalue weighted by Crippen LogP contribution is -2.45. The van der Waals surface area contributed by atoms with Crippen LogP contribution in [0.3, 0.4) is 0 Å². The molecule has 2 aromatic heterocycles. The topological polar surface area (TPSA) is 225 Å². The normalized spacial score (nSPS) is 28.4. The summed E-state index contributed by atoms with van der Waals surface area (Å²) in [4.78, 5) is 43.8.